The van der Waals surface area contributed by atoms with Crippen LogP contribution >= 0.6 is 34.8 Å². The molecule has 0 radical (unpaired) electrons. The van der Waals surface area contributed by atoms with E-state index in [-0.39, 0.29) is 43.6 Å². The number of aliphatic hydroxyl groups is 1. The standard InChI is InChI=1S/C25H24Cl3N5O3/c1-13-8-21-17(11-31(13)24(35)15-6-7-18(26)19(27)9-15)23-25(36)32(10-16(12-34)33(23)30-21)14(2)20-4-3-5-22(28)29-20/h3-7,9,13-14,16,34H,8,10-12H2,1-2H3/t13-,14?,16+/m1/s1. The van der Waals surface area contributed by atoms with Crippen molar-refractivity contribution in [1.82, 2.24) is 24.6 Å². The van der Waals surface area contributed by atoms with Crippen LogP contribution in [0.5, 0.6) is 0 Å². The number of rotatable bonds is 4. The maximum Gasteiger partial charge on any atom is 0.273 e. The SMILES string of the molecule is CC(c1cccc(Cl)n1)N1C[C@@H](CO)n2nc3c(c2C1=O)CN(C(=O)c1ccc(Cl)c(Cl)c1)[C@H](C)C3. The third-order valence-electron chi connectivity index (χ3n) is 6.93. The summed E-state index contributed by atoms with van der Waals surface area (Å²) in [7, 11) is 0. The minimum absolute atomic E-state index is 0.148. The van der Waals surface area contributed by atoms with Crippen molar-refractivity contribution in [2.75, 3.05) is 13.2 Å². The first-order chi connectivity index (χ1) is 17.2. The van der Waals surface area contributed by atoms with E-state index in [0.29, 0.717) is 44.1 Å². The van der Waals surface area contributed by atoms with E-state index in [2.05, 4.69) is 4.98 Å². The van der Waals surface area contributed by atoms with E-state index in [9.17, 15) is 14.7 Å². The second kappa shape index (κ2) is 9.67. The summed E-state index contributed by atoms with van der Waals surface area (Å²) < 4.78 is 1.63. The summed E-state index contributed by atoms with van der Waals surface area (Å²) in [5, 5.41) is 15.9. The van der Waals surface area contributed by atoms with Crippen LogP contribution in [0.15, 0.2) is 36.4 Å². The van der Waals surface area contributed by atoms with Gasteiger partial charge in [-0.2, -0.15) is 5.10 Å². The summed E-state index contributed by atoms with van der Waals surface area (Å²) in [6.07, 6.45) is 0.485. The molecule has 0 bridgehead atoms. The second-order valence-corrected chi connectivity index (χ2v) is 10.4. The van der Waals surface area contributed by atoms with Crippen molar-refractivity contribution >= 4 is 46.6 Å². The van der Waals surface area contributed by atoms with Gasteiger partial charge < -0.3 is 14.9 Å². The van der Waals surface area contributed by atoms with Crippen LogP contribution in [0.3, 0.4) is 0 Å². The van der Waals surface area contributed by atoms with E-state index in [1.165, 1.54) is 0 Å². The lowest BCUT2D eigenvalue weighted by atomic mass is 9.97. The van der Waals surface area contributed by atoms with Gasteiger partial charge in [0.2, 0.25) is 0 Å². The lowest BCUT2D eigenvalue weighted by molar-refractivity contribution is 0.0509. The van der Waals surface area contributed by atoms with Gasteiger partial charge in [0.25, 0.3) is 11.8 Å². The molecular formula is C25H24Cl3N5O3. The van der Waals surface area contributed by atoms with E-state index in [1.54, 1.807) is 44.8 Å². The van der Waals surface area contributed by atoms with Gasteiger partial charge in [-0.05, 0) is 44.2 Å². The number of pyridine rings is 1. The Morgan fingerprint density at radius 2 is 1.97 bits per heavy atom. The molecule has 2 amide bonds. The zero-order valence-electron chi connectivity index (χ0n) is 19.7. The monoisotopic (exact) mass is 547 g/mol. The predicted molar refractivity (Wildman–Crippen MR) is 137 cm³/mol. The Balaban J connectivity index is 1.51. The molecule has 0 aliphatic carbocycles. The molecule has 188 valence electrons. The number of hydrogen-bond donors (Lipinski definition) is 1. The van der Waals surface area contributed by atoms with Gasteiger partial charge in [0.1, 0.15) is 10.8 Å². The quantitative estimate of drug-likeness (QED) is 0.482. The lowest BCUT2D eigenvalue weighted by Crippen LogP contribution is -2.47. The van der Waals surface area contributed by atoms with E-state index in [0.717, 1.165) is 5.69 Å². The van der Waals surface area contributed by atoms with Gasteiger partial charge >= 0.3 is 0 Å². The highest BCUT2D eigenvalue weighted by Crippen LogP contribution is 2.35. The number of aromatic nitrogens is 3. The summed E-state index contributed by atoms with van der Waals surface area (Å²) in [5.41, 5.74) is 2.92. The minimum atomic E-state index is -0.417. The minimum Gasteiger partial charge on any atom is -0.394 e. The first-order valence-electron chi connectivity index (χ1n) is 11.6. The van der Waals surface area contributed by atoms with Crippen molar-refractivity contribution in [3.63, 3.8) is 0 Å². The van der Waals surface area contributed by atoms with Crippen LogP contribution in [0.2, 0.25) is 15.2 Å². The van der Waals surface area contributed by atoms with Gasteiger partial charge in [-0.1, -0.05) is 40.9 Å². The Morgan fingerprint density at radius 1 is 1.19 bits per heavy atom. The smallest absolute Gasteiger partial charge is 0.273 e. The molecule has 3 aromatic rings. The Bertz CT molecular complexity index is 1360. The highest BCUT2D eigenvalue weighted by atomic mass is 35.5. The first-order valence-corrected chi connectivity index (χ1v) is 12.7. The average molecular weight is 549 g/mol. The van der Waals surface area contributed by atoms with Crippen LogP contribution in [-0.2, 0) is 13.0 Å². The lowest BCUT2D eigenvalue weighted by Gasteiger charge is -2.37. The summed E-state index contributed by atoms with van der Waals surface area (Å²) in [6.45, 7) is 4.13. The molecule has 1 aromatic carbocycles. The number of carbonyl (C=O) groups is 2. The molecule has 0 fully saturated rings. The number of benzene rings is 1. The van der Waals surface area contributed by atoms with Crippen LogP contribution in [0.25, 0.3) is 0 Å². The molecule has 2 aromatic heterocycles. The molecule has 8 nitrogen and oxygen atoms in total. The van der Waals surface area contributed by atoms with Crippen molar-refractivity contribution in [2.24, 2.45) is 0 Å². The third kappa shape index (κ3) is 4.26. The number of nitrogens with zero attached hydrogens (tertiary/aromatic N) is 5. The Hall–Kier alpha value is -2.65. The van der Waals surface area contributed by atoms with Gasteiger partial charge in [-0.15, -0.1) is 0 Å². The average Bonchev–Trinajstić information content (AvgIpc) is 3.23. The fraction of sp³-hybridized carbons (Fsp3) is 0.360. The molecule has 1 unspecified atom stereocenters. The van der Waals surface area contributed by atoms with Crippen LogP contribution in [0.1, 0.15) is 63.7 Å². The highest BCUT2D eigenvalue weighted by Gasteiger charge is 2.41. The molecule has 0 saturated carbocycles. The van der Waals surface area contributed by atoms with E-state index in [4.69, 9.17) is 39.9 Å². The van der Waals surface area contributed by atoms with Crippen LogP contribution in [-0.4, -0.2) is 60.7 Å². The number of fused-ring (bicyclic) bond motifs is 3. The van der Waals surface area contributed by atoms with Crippen molar-refractivity contribution in [3.8, 4) is 0 Å². The van der Waals surface area contributed by atoms with E-state index < -0.39 is 6.04 Å². The molecule has 36 heavy (non-hydrogen) atoms. The van der Waals surface area contributed by atoms with Crippen LogP contribution in [0.4, 0.5) is 0 Å². The molecule has 0 spiro atoms. The summed E-state index contributed by atoms with van der Waals surface area (Å²) in [4.78, 5) is 35.0. The van der Waals surface area contributed by atoms with Crippen molar-refractivity contribution in [1.29, 1.82) is 0 Å². The molecule has 2 aliphatic heterocycles. The van der Waals surface area contributed by atoms with Gasteiger partial charge in [0.05, 0.1) is 46.7 Å². The second-order valence-electron chi connectivity index (χ2n) is 9.19. The molecule has 11 heteroatoms. The maximum absolute atomic E-state index is 13.8. The molecular weight excluding hydrogens is 525 g/mol. The number of aliphatic hydroxyl groups excluding tert-OH is 1. The Morgan fingerprint density at radius 3 is 2.67 bits per heavy atom. The van der Waals surface area contributed by atoms with Crippen molar-refractivity contribution in [2.45, 2.75) is 44.9 Å². The van der Waals surface area contributed by atoms with Crippen molar-refractivity contribution < 1.29 is 14.7 Å². The summed E-state index contributed by atoms with van der Waals surface area (Å²) >= 11 is 18.3. The molecule has 0 saturated heterocycles. The number of amides is 2. The van der Waals surface area contributed by atoms with Crippen molar-refractivity contribution in [3.05, 3.63) is 79.8 Å². The highest BCUT2D eigenvalue weighted by molar-refractivity contribution is 6.42. The fourth-order valence-corrected chi connectivity index (χ4v) is 5.40. The molecule has 5 rings (SSSR count). The topological polar surface area (TPSA) is 91.6 Å². The normalized spacial score (nSPS) is 20.2. The number of hydrogen-bond acceptors (Lipinski definition) is 5. The predicted octanol–water partition coefficient (Wildman–Crippen LogP) is 4.58. The van der Waals surface area contributed by atoms with Gasteiger partial charge in [0.15, 0.2) is 0 Å². The Kier molecular flexibility index (Phi) is 6.72. The van der Waals surface area contributed by atoms with Gasteiger partial charge in [0, 0.05) is 30.1 Å². The zero-order chi connectivity index (χ0) is 25.7. The Labute approximate surface area is 223 Å². The molecule has 3 atom stereocenters. The summed E-state index contributed by atoms with van der Waals surface area (Å²) in [6, 6.07) is 9.13. The largest absolute Gasteiger partial charge is 0.394 e. The van der Waals surface area contributed by atoms with Gasteiger partial charge in [-0.25, -0.2) is 4.98 Å². The maximum atomic E-state index is 13.8. The van der Waals surface area contributed by atoms with Crippen LogP contribution < -0.4 is 0 Å². The van der Waals surface area contributed by atoms with Gasteiger partial charge in [-0.3, -0.25) is 14.3 Å². The zero-order valence-corrected chi connectivity index (χ0v) is 21.9. The molecule has 1 N–H and O–H groups in total. The molecule has 4 heterocycles. The number of halogens is 3. The molecule has 2 aliphatic rings. The first kappa shape index (κ1) is 25.0. The van der Waals surface area contributed by atoms with E-state index >= 15 is 0 Å². The fourth-order valence-electron chi connectivity index (χ4n) is 4.93. The third-order valence-corrected chi connectivity index (χ3v) is 7.88. The van der Waals surface area contributed by atoms with Crippen LogP contribution in [0, 0.1) is 0 Å². The van der Waals surface area contributed by atoms with E-state index in [1.807, 2.05) is 19.9 Å². The summed E-state index contributed by atoms with van der Waals surface area (Å²) in [5.74, 6) is -0.429. The number of carbonyl (C=O) groups excluding carboxylic acids is 2.